The molecule has 0 spiro atoms. The van der Waals surface area contributed by atoms with Crippen LogP contribution in [0.4, 0.5) is 0 Å². The Kier molecular flexibility index (Phi) is 6.44. The number of hydrogen-bond acceptors (Lipinski definition) is 5. The summed E-state index contributed by atoms with van der Waals surface area (Å²) in [7, 11) is 0. The lowest BCUT2D eigenvalue weighted by Gasteiger charge is -2.31. The molecule has 1 unspecified atom stereocenters. The van der Waals surface area contributed by atoms with Crippen LogP contribution >= 0.6 is 11.3 Å². The summed E-state index contributed by atoms with van der Waals surface area (Å²) >= 11 is 1.42. The lowest BCUT2D eigenvalue weighted by molar-refractivity contribution is -0.151. The Morgan fingerprint density at radius 1 is 1.10 bits per heavy atom. The van der Waals surface area contributed by atoms with Gasteiger partial charge in [0.2, 0.25) is 0 Å². The molecule has 0 aliphatic carbocycles. The number of rotatable bonds is 5. The van der Waals surface area contributed by atoms with Gasteiger partial charge in [0.25, 0.3) is 5.91 Å². The zero-order valence-electron chi connectivity index (χ0n) is 17.0. The summed E-state index contributed by atoms with van der Waals surface area (Å²) < 4.78 is 5.55. The molecular formula is C25H22N2O3S. The highest BCUT2D eigenvalue weighted by atomic mass is 32.1. The van der Waals surface area contributed by atoms with Gasteiger partial charge in [-0.2, -0.15) is 5.26 Å². The van der Waals surface area contributed by atoms with Gasteiger partial charge in [-0.3, -0.25) is 9.59 Å². The minimum Gasteiger partial charge on any atom is -0.461 e. The van der Waals surface area contributed by atoms with Gasteiger partial charge in [-0.1, -0.05) is 48.5 Å². The zero-order valence-corrected chi connectivity index (χ0v) is 17.8. The van der Waals surface area contributed by atoms with Crippen LogP contribution < -0.4 is 0 Å². The second-order valence-electron chi connectivity index (χ2n) is 7.53. The van der Waals surface area contributed by atoms with Gasteiger partial charge >= 0.3 is 5.97 Å². The second kappa shape index (κ2) is 9.59. The summed E-state index contributed by atoms with van der Waals surface area (Å²) in [5, 5.41) is 11.2. The van der Waals surface area contributed by atoms with Crippen LogP contribution in [0.15, 0.2) is 66.0 Å². The van der Waals surface area contributed by atoms with E-state index >= 15 is 0 Å². The van der Waals surface area contributed by atoms with Gasteiger partial charge in [-0.25, -0.2) is 0 Å². The highest BCUT2D eigenvalue weighted by molar-refractivity contribution is 7.12. The van der Waals surface area contributed by atoms with Gasteiger partial charge in [-0.15, -0.1) is 11.3 Å². The highest BCUT2D eigenvalue weighted by Crippen LogP contribution is 2.25. The standard InChI is InChI=1S/C25H22N2O3S/c26-15-20-5-1-2-7-22(20)19-11-9-18(10-12-19)17-30-25(29)21-6-3-13-27(16-21)24(28)23-8-4-14-31-23/h1-2,4-5,7-12,14,21H,3,6,13,16-17H2. The summed E-state index contributed by atoms with van der Waals surface area (Å²) in [5.41, 5.74) is 3.34. The van der Waals surface area contributed by atoms with Crippen molar-refractivity contribution in [3.63, 3.8) is 0 Å². The maximum atomic E-state index is 12.6. The molecule has 1 amide bonds. The lowest BCUT2D eigenvalue weighted by atomic mass is 9.98. The Hall–Kier alpha value is -3.43. The Labute approximate surface area is 185 Å². The van der Waals surface area contributed by atoms with E-state index in [1.807, 2.05) is 60.0 Å². The summed E-state index contributed by atoms with van der Waals surface area (Å²) in [6, 6.07) is 21.0. The number of nitriles is 1. The van der Waals surface area contributed by atoms with Crippen molar-refractivity contribution in [3.8, 4) is 17.2 Å². The number of carbonyl (C=O) groups is 2. The number of benzene rings is 2. The molecule has 6 heteroatoms. The number of ether oxygens (including phenoxy) is 1. The van der Waals surface area contributed by atoms with Crippen LogP contribution in [-0.2, 0) is 16.1 Å². The first-order chi connectivity index (χ1) is 15.2. The first-order valence-electron chi connectivity index (χ1n) is 10.2. The van der Waals surface area contributed by atoms with Crippen molar-refractivity contribution in [2.75, 3.05) is 13.1 Å². The first kappa shape index (κ1) is 20.8. The van der Waals surface area contributed by atoms with E-state index in [2.05, 4.69) is 6.07 Å². The Bertz CT molecular complexity index is 1100. The molecule has 1 aromatic heterocycles. The summed E-state index contributed by atoms with van der Waals surface area (Å²) in [5.74, 6) is -0.567. The molecule has 31 heavy (non-hydrogen) atoms. The fourth-order valence-corrected chi connectivity index (χ4v) is 4.49. The van der Waals surface area contributed by atoms with Crippen LogP contribution in [0.3, 0.4) is 0 Å². The smallest absolute Gasteiger partial charge is 0.311 e. The Morgan fingerprint density at radius 2 is 1.90 bits per heavy atom. The van der Waals surface area contributed by atoms with Crippen molar-refractivity contribution in [2.45, 2.75) is 19.4 Å². The summed E-state index contributed by atoms with van der Waals surface area (Å²) in [4.78, 5) is 27.6. The van der Waals surface area contributed by atoms with E-state index < -0.39 is 0 Å². The van der Waals surface area contributed by atoms with Crippen molar-refractivity contribution >= 4 is 23.2 Å². The maximum Gasteiger partial charge on any atom is 0.311 e. The van der Waals surface area contributed by atoms with Crippen LogP contribution in [0.5, 0.6) is 0 Å². The van der Waals surface area contributed by atoms with Crippen LogP contribution in [0.2, 0.25) is 0 Å². The van der Waals surface area contributed by atoms with Crippen LogP contribution in [-0.4, -0.2) is 29.9 Å². The average molecular weight is 431 g/mol. The molecule has 1 aliphatic rings. The third kappa shape index (κ3) is 4.84. The molecule has 1 atom stereocenters. The van der Waals surface area contributed by atoms with Gasteiger partial charge in [-0.05, 0) is 47.0 Å². The number of hydrogen-bond donors (Lipinski definition) is 0. The number of esters is 1. The van der Waals surface area contributed by atoms with Gasteiger partial charge in [0, 0.05) is 13.1 Å². The van der Waals surface area contributed by atoms with E-state index in [1.165, 1.54) is 11.3 Å². The van der Waals surface area contributed by atoms with Crippen LogP contribution in [0.25, 0.3) is 11.1 Å². The number of amides is 1. The van der Waals surface area contributed by atoms with Gasteiger partial charge < -0.3 is 9.64 Å². The van der Waals surface area contributed by atoms with Crippen LogP contribution in [0.1, 0.15) is 33.6 Å². The summed E-state index contributed by atoms with van der Waals surface area (Å²) in [6.07, 6.45) is 1.53. The number of thiophene rings is 1. The SMILES string of the molecule is N#Cc1ccccc1-c1ccc(COC(=O)C2CCCN(C(=O)c3cccs3)C2)cc1. The van der Waals surface area contributed by atoms with Crippen molar-refractivity contribution < 1.29 is 14.3 Å². The second-order valence-corrected chi connectivity index (χ2v) is 8.48. The van der Waals surface area contributed by atoms with Crippen molar-refractivity contribution in [2.24, 2.45) is 5.92 Å². The Morgan fingerprint density at radius 3 is 2.65 bits per heavy atom. The topological polar surface area (TPSA) is 70.4 Å². The Balaban J connectivity index is 1.34. The van der Waals surface area contributed by atoms with E-state index in [0.29, 0.717) is 23.5 Å². The number of carbonyl (C=O) groups excluding carboxylic acids is 2. The van der Waals surface area contributed by atoms with Gasteiger partial charge in [0.15, 0.2) is 0 Å². The molecule has 0 N–H and O–H groups in total. The number of piperidine rings is 1. The molecule has 1 saturated heterocycles. The molecule has 2 aromatic carbocycles. The summed E-state index contributed by atoms with van der Waals surface area (Å²) in [6.45, 7) is 1.26. The molecule has 156 valence electrons. The van der Waals surface area contributed by atoms with Crippen molar-refractivity contribution in [1.29, 1.82) is 5.26 Å². The molecule has 2 heterocycles. The third-order valence-electron chi connectivity index (χ3n) is 5.47. The van der Waals surface area contributed by atoms with E-state index in [4.69, 9.17) is 4.74 Å². The lowest BCUT2D eigenvalue weighted by Crippen LogP contribution is -2.42. The van der Waals surface area contributed by atoms with Gasteiger partial charge in [0.1, 0.15) is 6.61 Å². The molecule has 3 aromatic rings. The number of nitrogens with zero attached hydrogens (tertiary/aromatic N) is 2. The maximum absolute atomic E-state index is 12.6. The predicted octanol–water partition coefficient (Wildman–Crippen LogP) is 4.88. The fraction of sp³-hybridized carbons (Fsp3) is 0.240. The van der Waals surface area contributed by atoms with E-state index in [0.717, 1.165) is 29.5 Å². The predicted molar refractivity (Wildman–Crippen MR) is 119 cm³/mol. The van der Waals surface area contributed by atoms with E-state index in [9.17, 15) is 14.9 Å². The monoisotopic (exact) mass is 430 g/mol. The molecule has 0 saturated carbocycles. The minimum atomic E-state index is -0.292. The van der Waals surface area contributed by atoms with E-state index in [1.54, 1.807) is 11.0 Å². The van der Waals surface area contributed by atoms with E-state index in [-0.39, 0.29) is 24.4 Å². The quantitative estimate of drug-likeness (QED) is 0.541. The molecule has 5 nitrogen and oxygen atoms in total. The molecular weight excluding hydrogens is 408 g/mol. The third-order valence-corrected chi connectivity index (χ3v) is 6.33. The zero-order chi connectivity index (χ0) is 21.6. The number of likely N-dealkylation sites (tertiary alicyclic amines) is 1. The largest absolute Gasteiger partial charge is 0.461 e. The molecule has 4 rings (SSSR count). The minimum absolute atomic E-state index is 0.0132. The van der Waals surface area contributed by atoms with Crippen molar-refractivity contribution in [1.82, 2.24) is 4.90 Å². The normalized spacial score (nSPS) is 15.8. The molecule has 0 radical (unpaired) electrons. The fourth-order valence-electron chi connectivity index (χ4n) is 3.80. The molecule has 0 bridgehead atoms. The average Bonchev–Trinajstić information content (AvgIpc) is 3.37. The van der Waals surface area contributed by atoms with Crippen LogP contribution in [0, 0.1) is 17.2 Å². The molecule has 1 fully saturated rings. The highest BCUT2D eigenvalue weighted by Gasteiger charge is 2.30. The molecule has 1 aliphatic heterocycles. The van der Waals surface area contributed by atoms with Gasteiger partial charge in [0.05, 0.1) is 22.4 Å². The van der Waals surface area contributed by atoms with Crippen molar-refractivity contribution in [3.05, 3.63) is 82.0 Å². The first-order valence-corrected chi connectivity index (χ1v) is 11.1.